The summed E-state index contributed by atoms with van der Waals surface area (Å²) in [7, 11) is -0.158. The quantitative estimate of drug-likeness (QED) is 0.516. The zero-order valence-electron chi connectivity index (χ0n) is 17.5. The molecule has 1 aromatic rings. The van der Waals surface area contributed by atoms with E-state index in [2.05, 4.69) is 39.2 Å². The van der Waals surface area contributed by atoms with E-state index in [0.29, 0.717) is 0 Å². The molecule has 1 aliphatic rings. The lowest BCUT2D eigenvalue weighted by Crippen LogP contribution is -2.44. The number of carboxylic acids is 1. The van der Waals surface area contributed by atoms with E-state index in [0.717, 1.165) is 24.3 Å². The Kier molecular flexibility index (Phi) is 8.26. The molecule has 1 unspecified atom stereocenters. The smallest absolute Gasteiger partial charge is 0.490 e. The van der Waals surface area contributed by atoms with Gasteiger partial charge in [-0.3, -0.25) is 0 Å². The van der Waals surface area contributed by atoms with Crippen LogP contribution in [-0.4, -0.2) is 45.3 Å². The minimum atomic E-state index is -5.08. The maximum atomic E-state index is 13.6. The van der Waals surface area contributed by atoms with E-state index in [4.69, 9.17) is 19.1 Å². The number of rotatable bonds is 4. The van der Waals surface area contributed by atoms with Gasteiger partial charge in [-0.15, -0.1) is 0 Å². The summed E-state index contributed by atoms with van der Waals surface area (Å²) in [5.41, 5.74) is 0.879. The van der Waals surface area contributed by atoms with Gasteiger partial charge >= 0.3 is 12.1 Å². The number of halogens is 4. The molecule has 0 amide bonds. The molecule has 0 aromatic heterocycles. The van der Waals surface area contributed by atoms with Crippen molar-refractivity contribution in [1.29, 1.82) is 0 Å². The number of aliphatic carboxylic acids is 1. The zero-order valence-corrected chi connectivity index (χ0v) is 18.5. The van der Waals surface area contributed by atoms with Crippen LogP contribution >= 0.6 is 0 Å². The number of ether oxygens (including phenoxy) is 1. The molecule has 10 heteroatoms. The molecule has 1 saturated heterocycles. The van der Waals surface area contributed by atoms with Gasteiger partial charge in [-0.1, -0.05) is 20.8 Å². The molecule has 2 N–H and O–H groups in total. The Hall–Kier alpha value is -1.65. The summed E-state index contributed by atoms with van der Waals surface area (Å²) in [5.74, 6) is -2.26. The highest BCUT2D eigenvalue weighted by atomic mass is 28.4. The van der Waals surface area contributed by atoms with Crippen LogP contribution in [0, 0.1) is 5.82 Å². The Morgan fingerprint density at radius 3 is 2.24 bits per heavy atom. The molecule has 2 atom stereocenters. The maximum Gasteiger partial charge on any atom is 0.490 e. The topological polar surface area (TPSA) is 67.8 Å². The Morgan fingerprint density at radius 2 is 1.79 bits per heavy atom. The standard InChI is InChI=1S/C17H28FNO2Si.C2HF3O2/c1-17(2,3)22(5,6)21-13-10-15(19-11-13)14-9-12(18)7-8-16(14)20-4;3-2(4,5)1(6)7/h7-9,13,15,19H,10-11H2,1-6H3;(H,6,7)/t13-,15?;/m1./s1. The van der Waals surface area contributed by atoms with Crippen molar-refractivity contribution >= 4 is 14.3 Å². The minimum absolute atomic E-state index is 0.0837. The third kappa shape index (κ3) is 7.27. The minimum Gasteiger partial charge on any atom is -0.496 e. The predicted octanol–water partition coefficient (Wildman–Crippen LogP) is 4.89. The summed E-state index contributed by atoms with van der Waals surface area (Å²) >= 11 is 0. The number of carboxylic acid groups (broad SMARTS) is 1. The van der Waals surface area contributed by atoms with Gasteiger partial charge in [0.1, 0.15) is 11.6 Å². The van der Waals surface area contributed by atoms with Gasteiger partial charge in [0, 0.05) is 18.2 Å². The number of hydrogen-bond donors (Lipinski definition) is 2. The third-order valence-electron chi connectivity index (χ3n) is 5.17. The van der Waals surface area contributed by atoms with Crippen molar-refractivity contribution in [2.75, 3.05) is 13.7 Å². The first-order chi connectivity index (χ1) is 13.1. The Bertz CT molecular complexity index is 704. The molecule has 1 fully saturated rings. The lowest BCUT2D eigenvalue weighted by molar-refractivity contribution is -0.192. The normalized spacial score (nSPS) is 20.1. The number of carbonyl (C=O) groups is 1. The number of alkyl halides is 3. The number of nitrogens with one attached hydrogen (secondary N) is 1. The van der Waals surface area contributed by atoms with Crippen LogP contribution in [0.2, 0.25) is 18.1 Å². The number of methoxy groups -OCH3 is 1. The molecular weight excluding hydrogens is 410 g/mol. The summed E-state index contributed by atoms with van der Waals surface area (Å²) in [5, 5.41) is 10.8. The second kappa shape index (κ2) is 9.44. The summed E-state index contributed by atoms with van der Waals surface area (Å²) in [6, 6.07) is 4.76. The van der Waals surface area contributed by atoms with Crippen LogP contribution in [0.5, 0.6) is 5.75 Å². The first-order valence-electron chi connectivity index (χ1n) is 9.13. The molecule has 1 aliphatic heterocycles. The van der Waals surface area contributed by atoms with E-state index < -0.39 is 20.5 Å². The van der Waals surface area contributed by atoms with Crippen molar-refractivity contribution in [3.05, 3.63) is 29.6 Å². The van der Waals surface area contributed by atoms with Crippen LogP contribution in [0.3, 0.4) is 0 Å². The first-order valence-corrected chi connectivity index (χ1v) is 12.0. The second-order valence-electron chi connectivity index (χ2n) is 8.39. The molecule has 2 rings (SSSR count). The summed E-state index contributed by atoms with van der Waals surface area (Å²) in [6.45, 7) is 12.1. The van der Waals surface area contributed by atoms with Gasteiger partial charge in [0.15, 0.2) is 8.32 Å². The molecule has 5 nitrogen and oxygen atoms in total. The largest absolute Gasteiger partial charge is 0.496 e. The van der Waals surface area contributed by atoms with Gasteiger partial charge in [0.2, 0.25) is 0 Å². The predicted molar refractivity (Wildman–Crippen MR) is 104 cm³/mol. The highest BCUT2D eigenvalue weighted by molar-refractivity contribution is 6.74. The lowest BCUT2D eigenvalue weighted by Gasteiger charge is -2.38. The van der Waals surface area contributed by atoms with Crippen LogP contribution in [0.15, 0.2) is 18.2 Å². The van der Waals surface area contributed by atoms with Crippen molar-refractivity contribution in [1.82, 2.24) is 5.32 Å². The molecule has 1 heterocycles. The van der Waals surface area contributed by atoms with E-state index in [1.807, 2.05) is 0 Å². The molecule has 0 saturated carbocycles. The van der Waals surface area contributed by atoms with Gasteiger partial charge in [0.25, 0.3) is 0 Å². The zero-order chi connectivity index (χ0) is 22.6. The van der Waals surface area contributed by atoms with Gasteiger partial charge in [0.05, 0.1) is 13.2 Å². The lowest BCUT2D eigenvalue weighted by atomic mass is 10.0. The Balaban J connectivity index is 0.000000516. The highest BCUT2D eigenvalue weighted by Crippen LogP contribution is 2.40. The van der Waals surface area contributed by atoms with Crippen molar-refractivity contribution in [3.8, 4) is 5.75 Å². The van der Waals surface area contributed by atoms with Crippen molar-refractivity contribution in [2.45, 2.75) is 63.6 Å². The van der Waals surface area contributed by atoms with Crippen LogP contribution in [0.4, 0.5) is 17.6 Å². The molecule has 0 radical (unpaired) electrons. The first kappa shape index (κ1) is 25.4. The molecule has 0 bridgehead atoms. The third-order valence-corrected chi connectivity index (χ3v) is 9.70. The second-order valence-corrected chi connectivity index (χ2v) is 13.1. The van der Waals surface area contributed by atoms with E-state index in [9.17, 15) is 17.6 Å². The van der Waals surface area contributed by atoms with Crippen molar-refractivity contribution in [3.63, 3.8) is 0 Å². The monoisotopic (exact) mass is 439 g/mol. The van der Waals surface area contributed by atoms with Crippen molar-refractivity contribution in [2.24, 2.45) is 0 Å². The van der Waals surface area contributed by atoms with Crippen LogP contribution in [0.1, 0.15) is 38.8 Å². The molecule has 166 valence electrons. The van der Waals surface area contributed by atoms with E-state index in [-0.39, 0.29) is 23.0 Å². The molecule has 0 spiro atoms. The maximum absolute atomic E-state index is 13.6. The average molecular weight is 440 g/mol. The Morgan fingerprint density at radius 1 is 1.24 bits per heavy atom. The fourth-order valence-corrected chi connectivity index (χ4v) is 3.97. The van der Waals surface area contributed by atoms with Crippen LogP contribution in [-0.2, 0) is 9.22 Å². The van der Waals surface area contributed by atoms with Crippen LogP contribution in [0.25, 0.3) is 0 Å². The fraction of sp³-hybridized carbons (Fsp3) is 0.632. The summed E-state index contributed by atoms with van der Waals surface area (Å²) < 4.78 is 57.1. The fourth-order valence-electron chi connectivity index (χ4n) is 2.60. The molecule has 29 heavy (non-hydrogen) atoms. The van der Waals surface area contributed by atoms with Crippen LogP contribution < -0.4 is 10.1 Å². The molecule has 0 aliphatic carbocycles. The average Bonchev–Trinajstić information content (AvgIpc) is 3.01. The number of hydrogen-bond acceptors (Lipinski definition) is 4. The van der Waals surface area contributed by atoms with E-state index >= 15 is 0 Å². The molecule has 1 aromatic carbocycles. The highest BCUT2D eigenvalue weighted by Gasteiger charge is 2.41. The van der Waals surface area contributed by atoms with Gasteiger partial charge in [-0.25, -0.2) is 9.18 Å². The summed E-state index contributed by atoms with van der Waals surface area (Å²) in [6.07, 6.45) is -4.05. The van der Waals surface area contributed by atoms with E-state index in [1.54, 1.807) is 19.2 Å². The van der Waals surface area contributed by atoms with Crippen molar-refractivity contribution < 1.29 is 36.6 Å². The van der Waals surface area contributed by atoms with Gasteiger partial charge in [-0.2, -0.15) is 13.2 Å². The molecular formula is C19H29F4NO4Si. The Labute approximate surface area is 169 Å². The number of benzene rings is 1. The SMILES string of the molecule is COc1ccc(F)cc1C1C[C@@H](O[Si](C)(C)C(C)(C)C)CN1.O=C(O)C(F)(F)F. The van der Waals surface area contributed by atoms with Gasteiger partial charge in [-0.05, 0) is 42.8 Å². The van der Waals surface area contributed by atoms with E-state index in [1.165, 1.54) is 6.07 Å². The van der Waals surface area contributed by atoms with Gasteiger partial charge < -0.3 is 19.6 Å². The summed E-state index contributed by atoms with van der Waals surface area (Å²) in [4.78, 5) is 8.90.